The first-order valence-electron chi connectivity index (χ1n) is 5.19. The molecule has 5 nitrogen and oxygen atoms in total. The number of nitrogens with two attached hydrogens (primary N) is 1. The molecule has 0 aliphatic carbocycles. The molecule has 0 spiro atoms. The summed E-state index contributed by atoms with van der Waals surface area (Å²) in [5, 5.41) is 5.81. The lowest BCUT2D eigenvalue weighted by molar-refractivity contribution is 0.541. The molecule has 1 aromatic rings. The molecular weight excluding hydrogens is 221 g/mol. The van der Waals surface area contributed by atoms with Crippen molar-refractivity contribution in [1.29, 1.82) is 0 Å². The van der Waals surface area contributed by atoms with Gasteiger partial charge in [0, 0.05) is 5.69 Å². The van der Waals surface area contributed by atoms with Gasteiger partial charge in [-0.25, -0.2) is 14.4 Å². The van der Waals surface area contributed by atoms with Gasteiger partial charge >= 0.3 is 0 Å². The second-order valence-corrected chi connectivity index (χ2v) is 4.21. The molecule has 0 atom stereocenters. The Bertz CT molecular complexity index is 475. The first kappa shape index (κ1) is 11.4. The van der Waals surface area contributed by atoms with Crippen molar-refractivity contribution < 1.29 is 4.39 Å². The second kappa shape index (κ2) is 4.04. The van der Waals surface area contributed by atoms with E-state index in [2.05, 4.69) is 20.6 Å². The van der Waals surface area contributed by atoms with Crippen LogP contribution < -0.4 is 16.4 Å². The largest absolute Gasteiger partial charge is 0.370 e. The molecule has 1 heterocycles. The average Bonchev–Trinajstić information content (AvgIpc) is 2.18. The van der Waals surface area contributed by atoms with Gasteiger partial charge in [0.1, 0.15) is 5.82 Å². The normalized spacial score (nSPS) is 17.8. The fraction of sp³-hybridized carbons (Fsp3) is 0.273. The van der Waals surface area contributed by atoms with Crippen LogP contribution in [-0.2, 0) is 0 Å². The van der Waals surface area contributed by atoms with Crippen LogP contribution in [0, 0.1) is 5.82 Å². The summed E-state index contributed by atoms with van der Waals surface area (Å²) in [5.74, 6) is 0.513. The Morgan fingerprint density at radius 2 is 1.88 bits per heavy atom. The van der Waals surface area contributed by atoms with E-state index >= 15 is 0 Å². The molecular formula is C11H14FN5. The predicted octanol–water partition coefficient (Wildman–Crippen LogP) is 1.25. The zero-order valence-corrected chi connectivity index (χ0v) is 9.66. The lowest BCUT2D eigenvalue weighted by Gasteiger charge is -2.24. The highest BCUT2D eigenvalue weighted by Crippen LogP contribution is 2.14. The number of nitrogens with zero attached hydrogens (tertiary/aromatic N) is 2. The zero-order valence-electron chi connectivity index (χ0n) is 9.66. The molecule has 90 valence electrons. The molecule has 0 amide bonds. The summed E-state index contributed by atoms with van der Waals surface area (Å²) in [6.07, 6.45) is 0. The van der Waals surface area contributed by atoms with Crippen LogP contribution in [0.3, 0.4) is 0 Å². The maximum atomic E-state index is 12.7. The van der Waals surface area contributed by atoms with E-state index in [1.165, 1.54) is 12.1 Å². The Morgan fingerprint density at radius 3 is 2.47 bits per heavy atom. The molecule has 17 heavy (non-hydrogen) atoms. The lowest BCUT2D eigenvalue weighted by Crippen LogP contribution is -2.47. The second-order valence-electron chi connectivity index (χ2n) is 4.21. The molecule has 1 aliphatic heterocycles. The van der Waals surface area contributed by atoms with E-state index < -0.39 is 5.66 Å². The maximum absolute atomic E-state index is 12.7. The van der Waals surface area contributed by atoms with Crippen LogP contribution in [0.15, 0.2) is 34.3 Å². The van der Waals surface area contributed by atoms with Crippen molar-refractivity contribution in [1.82, 2.24) is 5.32 Å². The van der Waals surface area contributed by atoms with Gasteiger partial charge in [0.05, 0.1) is 0 Å². The fourth-order valence-electron chi connectivity index (χ4n) is 1.50. The number of anilines is 1. The van der Waals surface area contributed by atoms with Crippen molar-refractivity contribution in [2.24, 2.45) is 15.7 Å². The molecule has 6 heteroatoms. The molecule has 0 aromatic heterocycles. The van der Waals surface area contributed by atoms with E-state index in [0.29, 0.717) is 11.9 Å². The van der Waals surface area contributed by atoms with Crippen LogP contribution in [0.25, 0.3) is 0 Å². The Morgan fingerprint density at radius 1 is 1.24 bits per heavy atom. The number of nitrogens with one attached hydrogen (secondary N) is 2. The molecule has 0 saturated heterocycles. The van der Waals surface area contributed by atoms with Crippen LogP contribution in [0.2, 0.25) is 0 Å². The standard InChI is InChI=1S/C11H14FN5/c1-11(2)16-9(13)15-10(17-11)14-8-5-3-7(12)4-6-8/h3-6H,1-2H3,(H4,13,14,15,16,17). The molecule has 0 bridgehead atoms. The quantitative estimate of drug-likeness (QED) is 0.685. The van der Waals surface area contributed by atoms with Gasteiger partial charge in [-0.15, -0.1) is 0 Å². The molecule has 0 fully saturated rings. The summed E-state index contributed by atoms with van der Waals surface area (Å²) < 4.78 is 12.7. The summed E-state index contributed by atoms with van der Waals surface area (Å²) >= 11 is 0. The van der Waals surface area contributed by atoms with E-state index in [1.807, 2.05) is 13.8 Å². The first-order chi connectivity index (χ1) is 7.94. The van der Waals surface area contributed by atoms with Crippen LogP contribution in [-0.4, -0.2) is 17.6 Å². The zero-order chi connectivity index (χ0) is 12.5. The molecule has 1 aromatic carbocycles. The smallest absolute Gasteiger partial charge is 0.205 e. The third-order valence-electron chi connectivity index (χ3n) is 2.13. The number of hydrogen-bond donors (Lipinski definition) is 3. The summed E-state index contributed by atoms with van der Waals surface area (Å²) in [6, 6.07) is 5.98. The summed E-state index contributed by atoms with van der Waals surface area (Å²) in [4.78, 5) is 8.43. The minimum Gasteiger partial charge on any atom is -0.370 e. The first-order valence-corrected chi connectivity index (χ1v) is 5.19. The van der Waals surface area contributed by atoms with Gasteiger partial charge in [0.2, 0.25) is 5.96 Å². The van der Waals surface area contributed by atoms with Crippen molar-refractivity contribution in [3.63, 3.8) is 0 Å². The number of guanidine groups is 2. The van der Waals surface area contributed by atoms with Gasteiger partial charge in [-0.3, -0.25) is 5.32 Å². The van der Waals surface area contributed by atoms with Crippen molar-refractivity contribution in [3.05, 3.63) is 30.1 Å². The lowest BCUT2D eigenvalue weighted by atomic mass is 10.2. The van der Waals surface area contributed by atoms with E-state index in [9.17, 15) is 4.39 Å². The topological polar surface area (TPSA) is 74.8 Å². The molecule has 2 rings (SSSR count). The molecule has 0 saturated carbocycles. The number of aliphatic imine (C=N–C) groups is 2. The SMILES string of the molecule is CC1(C)N=C(N)NC(Nc2ccc(F)cc2)=N1. The van der Waals surface area contributed by atoms with Gasteiger partial charge < -0.3 is 11.1 Å². The van der Waals surface area contributed by atoms with Crippen molar-refractivity contribution >= 4 is 17.6 Å². The third kappa shape index (κ3) is 2.93. The Hall–Kier alpha value is -2.11. The maximum Gasteiger partial charge on any atom is 0.205 e. The van der Waals surface area contributed by atoms with E-state index in [-0.39, 0.29) is 5.82 Å². The molecule has 4 N–H and O–H groups in total. The van der Waals surface area contributed by atoms with Crippen LogP contribution >= 0.6 is 0 Å². The third-order valence-corrected chi connectivity index (χ3v) is 2.13. The Balaban J connectivity index is 2.15. The van der Waals surface area contributed by atoms with Crippen molar-refractivity contribution in [2.45, 2.75) is 19.5 Å². The van der Waals surface area contributed by atoms with Crippen LogP contribution in [0.1, 0.15) is 13.8 Å². The van der Waals surface area contributed by atoms with Crippen molar-refractivity contribution in [3.8, 4) is 0 Å². The van der Waals surface area contributed by atoms with Gasteiger partial charge in [0.15, 0.2) is 11.6 Å². The highest BCUT2D eigenvalue weighted by molar-refractivity contribution is 6.06. The van der Waals surface area contributed by atoms with Gasteiger partial charge in [-0.2, -0.15) is 0 Å². The predicted molar refractivity (Wildman–Crippen MR) is 66.3 cm³/mol. The monoisotopic (exact) mass is 235 g/mol. The highest BCUT2D eigenvalue weighted by Gasteiger charge is 2.21. The van der Waals surface area contributed by atoms with Crippen LogP contribution in [0.5, 0.6) is 0 Å². The highest BCUT2D eigenvalue weighted by atomic mass is 19.1. The van der Waals surface area contributed by atoms with E-state index in [1.54, 1.807) is 12.1 Å². The molecule has 1 aliphatic rings. The van der Waals surface area contributed by atoms with E-state index in [4.69, 9.17) is 5.73 Å². The molecule has 0 unspecified atom stereocenters. The average molecular weight is 235 g/mol. The van der Waals surface area contributed by atoms with Gasteiger partial charge in [-0.1, -0.05) is 0 Å². The minimum atomic E-state index is -0.600. The Labute approximate surface area is 98.6 Å². The van der Waals surface area contributed by atoms with Crippen molar-refractivity contribution in [2.75, 3.05) is 5.32 Å². The van der Waals surface area contributed by atoms with Gasteiger partial charge in [0.25, 0.3) is 0 Å². The van der Waals surface area contributed by atoms with E-state index in [0.717, 1.165) is 5.69 Å². The van der Waals surface area contributed by atoms with Gasteiger partial charge in [-0.05, 0) is 38.1 Å². The molecule has 0 radical (unpaired) electrons. The number of benzene rings is 1. The summed E-state index contributed by atoms with van der Waals surface area (Å²) in [7, 11) is 0. The number of hydrogen-bond acceptors (Lipinski definition) is 5. The fourth-order valence-corrected chi connectivity index (χ4v) is 1.50. The van der Waals surface area contributed by atoms with Crippen LogP contribution in [0.4, 0.5) is 10.1 Å². The summed E-state index contributed by atoms with van der Waals surface area (Å²) in [6.45, 7) is 3.68. The minimum absolute atomic E-state index is 0.282. The Kier molecular flexibility index (Phi) is 2.71. The number of rotatable bonds is 1. The summed E-state index contributed by atoms with van der Waals surface area (Å²) in [5.41, 5.74) is 5.76. The number of halogens is 1.